The molecule has 0 unspecified atom stereocenters. The van der Waals surface area contributed by atoms with Gasteiger partial charge < -0.3 is 4.74 Å². The number of hydrogen-bond donors (Lipinski definition) is 1. The van der Waals surface area contributed by atoms with Crippen molar-refractivity contribution in [3.05, 3.63) is 60.2 Å². The summed E-state index contributed by atoms with van der Waals surface area (Å²) in [6.07, 6.45) is 0. The van der Waals surface area contributed by atoms with Gasteiger partial charge in [0.15, 0.2) is 0 Å². The van der Waals surface area contributed by atoms with E-state index >= 15 is 0 Å². The fourth-order valence-corrected chi connectivity index (χ4v) is 3.24. The predicted molar refractivity (Wildman–Crippen MR) is 82.8 cm³/mol. The van der Waals surface area contributed by atoms with E-state index in [1.807, 2.05) is 38.1 Å². The normalized spacial score (nSPS) is 12.9. The van der Waals surface area contributed by atoms with Crippen molar-refractivity contribution < 1.29 is 13.2 Å². The van der Waals surface area contributed by atoms with Crippen molar-refractivity contribution in [3.63, 3.8) is 0 Å². The third kappa shape index (κ3) is 4.06. The molecular weight excluding hydrogens is 286 g/mol. The summed E-state index contributed by atoms with van der Waals surface area (Å²) < 4.78 is 32.5. The van der Waals surface area contributed by atoms with Gasteiger partial charge >= 0.3 is 0 Å². The van der Waals surface area contributed by atoms with Crippen molar-refractivity contribution in [3.8, 4) is 5.75 Å². The molecule has 4 nitrogen and oxygen atoms in total. The number of rotatable bonds is 6. The zero-order chi connectivity index (χ0) is 15.3. The smallest absolute Gasteiger partial charge is 0.241 e. The van der Waals surface area contributed by atoms with Crippen LogP contribution in [0.15, 0.2) is 59.5 Å². The average molecular weight is 305 g/mol. The first-order valence-electron chi connectivity index (χ1n) is 6.83. The van der Waals surface area contributed by atoms with E-state index in [2.05, 4.69) is 4.72 Å². The van der Waals surface area contributed by atoms with E-state index in [9.17, 15) is 8.42 Å². The average Bonchev–Trinajstić information content (AvgIpc) is 2.49. The van der Waals surface area contributed by atoms with Gasteiger partial charge in [-0.05, 0) is 43.7 Å². The molecule has 5 heteroatoms. The van der Waals surface area contributed by atoms with Gasteiger partial charge in [0.1, 0.15) is 5.75 Å². The standard InChI is InChI=1S/C16H19NO3S/c1-3-20-15-11-9-14(10-12-15)13(2)17-21(18,19)16-7-5-4-6-8-16/h4-13,17H,3H2,1-2H3/t13-/m1/s1. The zero-order valence-corrected chi connectivity index (χ0v) is 12.9. The quantitative estimate of drug-likeness (QED) is 0.892. The number of hydrogen-bond acceptors (Lipinski definition) is 3. The molecule has 0 spiro atoms. The largest absolute Gasteiger partial charge is 0.494 e. The van der Waals surface area contributed by atoms with Crippen molar-refractivity contribution in [2.45, 2.75) is 24.8 Å². The van der Waals surface area contributed by atoms with Gasteiger partial charge in [-0.2, -0.15) is 0 Å². The van der Waals surface area contributed by atoms with Crippen LogP contribution in [-0.2, 0) is 10.0 Å². The van der Waals surface area contributed by atoms with Gasteiger partial charge in [-0.1, -0.05) is 30.3 Å². The molecule has 0 saturated heterocycles. The van der Waals surface area contributed by atoms with E-state index in [0.29, 0.717) is 6.61 Å². The minimum absolute atomic E-state index is 0.266. The van der Waals surface area contributed by atoms with Gasteiger partial charge in [0, 0.05) is 6.04 Å². The molecule has 112 valence electrons. The molecule has 0 aliphatic heterocycles. The maximum atomic E-state index is 12.2. The maximum absolute atomic E-state index is 12.2. The van der Waals surface area contributed by atoms with E-state index < -0.39 is 10.0 Å². The number of ether oxygens (including phenoxy) is 1. The lowest BCUT2D eigenvalue weighted by Crippen LogP contribution is -2.26. The molecule has 1 N–H and O–H groups in total. The van der Waals surface area contributed by atoms with Gasteiger partial charge in [-0.15, -0.1) is 0 Å². The molecule has 1 atom stereocenters. The van der Waals surface area contributed by atoms with Crippen LogP contribution in [0.3, 0.4) is 0 Å². The highest BCUT2D eigenvalue weighted by Gasteiger charge is 2.17. The Morgan fingerprint density at radius 1 is 1.05 bits per heavy atom. The van der Waals surface area contributed by atoms with Gasteiger partial charge in [0.2, 0.25) is 10.0 Å². The molecule has 2 aromatic rings. The lowest BCUT2D eigenvalue weighted by Gasteiger charge is -2.15. The fourth-order valence-electron chi connectivity index (χ4n) is 1.99. The summed E-state index contributed by atoms with van der Waals surface area (Å²) in [7, 11) is -3.51. The molecule has 2 rings (SSSR count). The molecular formula is C16H19NO3S. The van der Waals surface area contributed by atoms with Gasteiger partial charge in [0.05, 0.1) is 11.5 Å². The Kier molecular flexibility index (Phi) is 4.98. The Balaban J connectivity index is 2.12. The van der Waals surface area contributed by atoms with Crippen LogP contribution in [0.4, 0.5) is 0 Å². The second-order valence-electron chi connectivity index (χ2n) is 4.66. The van der Waals surface area contributed by atoms with Gasteiger partial charge in [-0.25, -0.2) is 13.1 Å². The monoisotopic (exact) mass is 305 g/mol. The van der Waals surface area contributed by atoms with E-state index in [-0.39, 0.29) is 10.9 Å². The summed E-state index contributed by atoms with van der Waals surface area (Å²) in [6.45, 7) is 4.34. The molecule has 0 aliphatic carbocycles. The Labute approximate surface area is 125 Å². The van der Waals surface area contributed by atoms with Crippen LogP contribution in [0.1, 0.15) is 25.5 Å². The number of sulfonamides is 1. The molecule has 0 aromatic heterocycles. The molecule has 21 heavy (non-hydrogen) atoms. The lowest BCUT2D eigenvalue weighted by atomic mass is 10.1. The third-order valence-electron chi connectivity index (χ3n) is 3.08. The van der Waals surface area contributed by atoms with Gasteiger partial charge in [-0.3, -0.25) is 0 Å². The summed E-state index contributed by atoms with van der Waals surface area (Å²) in [5.74, 6) is 0.777. The van der Waals surface area contributed by atoms with Crippen LogP contribution in [-0.4, -0.2) is 15.0 Å². The number of benzene rings is 2. The number of nitrogens with one attached hydrogen (secondary N) is 1. The molecule has 0 heterocycles. The highest BCUT2D eigenvalue weighted by molar-refractivity contribution is 7.89. The van der Waals surface area contributed by atoms with Crippen molar-refractivity contribution in [1.82, 2.24) is 4.72 Å². The minimum Gasteiger partial charge on any atom is -0.494 e. The fraction of sp³-hybridized carbons (Fsp3) is 0.250. The van der Waals surface area contributed by atoms with Crippen LogP contribution < -0.4 is 9.46 Å². The van der Waals surface area contributed by atoms with Crippen molar-refractivity contribution in [2.75, 3.05) is 6.61 Å². The van der Waals surface area contributed by atoms with Crippen LogP contribution >= 0.6 is 0 Å². The maximum Gasteiger partial charge on any atom is 0.241 e. The Morgan fingerprint density at radius 2 is 1.67 bits per heavy atom. The summed E-state index contributed by atoms with van der Waals surface area (Å²) in [5, 5.41) is 0. The Hall–Kier alpha value is -1.85. The van der Waals surface area contributed by atoms with Crippen LogP contribution in [0.2, 0.25) is 0 Å². The molecule has 2 aromatic carbocycles. The van der Waals surface area contributed by atoms with E-state index in [0.717, 1.165) is 11.3 Å². The van der Waals surface area contributed by atoms with E-state index in [4.69, 9.17) is 4.74 Å². The van der Waals surface area contributed by atoms with Crippen LogP contribution in [0.5, 0.6) is 5.75 Å². The zero-order valence-electron chi connectivity index (χ0n) is 12.1. The summed E-state index contributed by atoms with van der Waals surface area (Å²) in [4.78, 5) is 0.266. The van der Waals surface area contributed by atoms with Gasteiger partial charge in [0.25, 0.3) is 0 Å². The van der Waals surface area contributed by atoms with E-state index in [1.54, 1.807) is 30.3 Å². The SMILES string of the molecule is CCOc1ccc([C@@H](C)NS(=O)(=O)c2ccccc2)cc1. The Bertz CT molecular complexity index is 666. The van der Waals surface area contributed by atoms with Crippen LogP contribution in [0, 0.1) is 0 Å². The second kappa shape index (κ2) is 6.74. The second-order valence-corrected chi connectivity index (χ2v) is 6.37. The molecule has 0 aliphatic rings. The van der Waals surface area contributed by atoms with Crippen molar-refractivity contribution >= 4 is 10.0 Å². The topological polar surface area (TPSA) is 55.4 Å². The summed E-state index contributed by atoms with van der Waals surface area (Å²) >= 11 is 0. The van der Waals surface area contributed by atoms with Crippen molar-refractivity contribution in [1.29, 1.82) is 0 Å². The highest BCUT2D eigenvalue weighted by atomic mass is 32.2. The lowest BCUT2D eigenvalue weighted by molar-refractivity contribution is 0.340. The van der Waals surface area contributed by atoms with E-state index in [1.165, 1.54) is 0 Å². The highest BCUT2D eigenvalue weighted by Crippen LogP contribution is 2.20. The van der Waals surface area contributed by atoms with Crippen molar-refractivity contribution in [2.24, 2.45) is 0 Å². The first-order valence-corrected chi connectivity index (χ1v) is 8.31. The van der Waals surface area contributed by atoms with Crippen LogP contribution in [0.25, 0.3) is 0 Å². The summed E-state index contributed by atoms with van der Waals surface area (Å²) in [6, 6.07) is 15.4. The Morgan fingerprint density at radius 3 is 2.24 bits per heavy atom. The minimum atomic E-state index is -3.51. The first-order chi connectivity index (χ1) is 10.0. The molecule has 0 saturated carbocycles. The molecule has 0 fully saturated rings. The third-order valence-corrected chi connectivity index (χ3v) is 4.63. The molecule has 0 radical (unpaired) electrons. The first kappa shape index (κ1) is 15.5. The summed E-state index contributed by atoms with van der Waals surface area (Å²) in [5.41, 5.74) is 0.887. The predicted octanol–water partition coefficient (Wildman–Crippen LogP) is 3.12. The molecule has 0 amide bonds. The molecule has 0 bridgehead atoms.